The highest BCUT2D eigenvalue weighted by Crippen LogP contribution is 2.45. The number of H-pyrrole nitrogens is 1. The van der Waals surface area contributed by atoms with E-state index >= 15 is 0 Å². The maximum Gasteiger partial charge on any atom is 0.459 e. The van der Waals surface area contributed by atoms with Gasteiger partial charge in [-0.3, -0.25) is 23.7 Å². The summed E-state index contributed by atoms with van der Waals surface area (Å²) in [5.74, 6) is -0.357. The highest BCUT2D eigenvalue weighted by Gasteiger charge is 2.36. The average Bonchev–Trinajstić information content (AvgIpc) is 3.33. The summed E-state index contributed by atoms with van der Waals surface area (Å²) in [5, 5.41) is 2.61. The Hall–Kier alpha value is -2.28. The van der Waals surface area contributed by atoms with Crippen molar-refractivity contribution in [2.24, 2.45) is 0 Å². The molecule has 4 atom stereocenters. The third-order valence-electron chi connectivity index (χ3n) is 5.31. The highest BCUT2D eigenvalue weighted by molar-refractivity contribution is 9.10. The maximum absolute atomic E-state index is 13.6. The topological polar surface area (TPSA) is 147 Å². The Morgan fingerprint density at radius 2 is 2.03 bits per heavy atom. The molecule has 0 amide bonds. The lowest BCUT2D eigenvalue weighted by Gasteiger charge is -2.24. The van der Waals surface area contributed by atoms with Gasteiger partial charge >= 0.3 is 19.4 Å². The molecule has 2 heterocycles. The number of aromatic amines is 1. The van der Waals surface area contributed by atoms with E-state index in [1.54, 1.807) is 31.2 Å². The molecule has 37 heavy (non-hydrogen) atoms. The average molecular weight is 604 g/mol. The molecule has 204 valence electrons. The largest absolute Gasteiger partial charge is 0.465 e. The van der Waals surface area contributed by atoms with E-state index in [0.29, 0.717) is 5.56 Å². The van der Waals surface area contributed by atoms with Crippen LogP contribution in [0, 0.1) is 6.92 Å². The Morgan fingerprint density at radius 1 is 1.30 bits per heavy atom. The SMILES string of the molecule is CCCCCOC(=O)C(C)NP(=O)(OC[C@@H]1OC[C@H](n2cc(C)c(=O)[nH]c2=O)O1)Oc1ccc(Br)cc1. The summed E-state index contributed by atoms with van der Waals surface area (Å²) in [6.07, 6.45) is 2.19. The van der Waals surface area contributed by atoms with Gasteiger partial charge in [-0.15, -0.1) is 0 Å². The van der Waals surface area contributed by atoms with E-state index in [-0.39, 0.29) is 25.6 Å². The number of unbranched alkanes of at least 4 members (excludes halogenated alkanes) is 2. The minimum Gasteiger partial charge on any atom is -0.465 e. The number of aromatic nitrogens is 2. The fraction of sp³-hybridized carbons (Fsp3) is 0.522. The number of hydrogen-bond acceptors (Lipinski definition) is 9. The molecular formula is C23H31BrN3O9P. The molecule has 1 fully saturated rings. The van der Waals surface area contributed by atoms with Gasteiger partial charge in [0.25, 0.3) is 5.56 Å². The van der Waals surface area contributed by atoms with Crippen LogP contribution in [0.25, 0.3) is 0 Å². The fourth-order valence-corrected chi connectivity index (χ4v) is 5.04. The van der Waals surface area contributed by atoms with Crippen LogP contribution in [0.5, 0.6) is 5.75 Å². The summed E-state index contributed by atoms with van der Waals surface area (Å²) in [4.78, 5) is 38.4. The van der Waals surface area contributed by atoms with Crippen molar-refractivity contribution in [3.05, 3.63) is 61.3 Å². The van der Waals surface area contributed by atoms with E-state index in [0.717, 1.165) is 23.7 Å². The summed E-state index contributed by atoms with van der Waals surface area (Å²) in [6.45, 7) is 5.00. The number of esters is 1. The molecule has 0 spiro atoms. The van der Waals surface area contributed by atoms with Crippen molar-refractivity contribution in [1.29, 1.82) is 0 Å². The standard InChI is InChI=1S/C23H31BrN3O9P/c1-4-5-6-11-32-22(29)16(3)26-37(31,36-18-9-7-17(24)8-10-18)34-14-20-33-13-19(35-20)27-12-15(2)21(28)25-23(27)30/h7-10,12,16,19-20H,4-6,11,13-14H2,1-3H3,(H,26,31)(H,25,28,30)/t16?,19-,20-,37?/m1/s1. The van der Waals surface area contributed by atoms with Gasteiger partial charge in [-0.25, -0.2) is 9.36 Å². The van der Waals surface area contributed by atoms with Gasteiger partial charge in [0.05, 0.1) is 13.2 Å². The van der Waals surface area contributed by atoms with E-state index in [9.17, 15) is 18.9 Å². The number of ether oxygens (including phenoxy) is 3. The summed E-state index contributed by atoms with van der Waals surface area (Å²) < 4.78 is 43.3. The van der Waals surface area contributed by atoms with Gasteiger partial charge in [0.2, 0.25) is 0 Å². The molecule has 0 aliphatic carbocycles. The van der Waals surface area contributed by atoms with E-state index < -0.39 is 43.5 Å². The monoisotopic (exact) mass is 603 g/mol. The quantitative estimate of drug-likeness (QED) is 0.198. The van der Waals surface area contributed by atoms with E-state index in [2.05, 4.69) is 26.0 Å². The maximum atomic E-state index is 13.6. The normalized spacial score (nSPS) is 19.8. The molecule has 2 unspecified atom stereocenters. The Morgan fingerprint density at radius 3 is 2.73 bits per heavy atom. The first-order valence-electron chi connectivity index (χ1n) is 11.8. The van der Waals surface area contributed by atoms with Crippen molar-refractivity contribution in [2.75, 3.05) is 19.8 Å². The van der Waals surface area contributed by atoms with Crippen molar-refractivity contribution in [3.8, 4) is 5.75 Å². The molecule has 2 aromatic rings. The first kappa shape index (κ1) is 29.3. The van der Waals surface area contributed by atoms with Gasteiger partial charge in [-0.1, -0.05) is 35.7 Å². The van der Waals surface area contributed by atoms with Crippen LogP contribution in [0.3, 0.4) is 0 Å². The van der Waals surface area contributed by atoms with Crippen LogP contribution in [0.1, 0.15) is 44.9 Å². The van der Waals surface area contributed by atoms with Crippen molar-refractivity contribution >= 4 is 29.6 Å². The molecule has 14 heteroatoms. The first-order chi connectivity index (χ1) is 17.6. The molecule has 0 radical (unpaired) electrons. The van der Waals surface area contributed by atoms with Gasteiger partial charge in [0, 0.05) is 16.2 Å². The third kappa shape index (κ3) is 8.62. The van der Waals surface area contributed by atoms with E-state index in [1.807, 2.05) is 6.92 Å². The number of carbonyl (C=O) groups excluding carboxylic acids is 1. The van der Waals surface area contributed by atoms with Crippen LogP contribution in [-0.2, 0) is 28.1 Å². The molecule has 3 rings (SSSR count). The van der Waals surface area contributed by atoms with Gasteiger partial charge in [0.1, 0.15) is 18.4 Å². The Bertz CT molecular complexity index is 1220. The van der Waals surface area contributed by atoms with E-state index in [4.69, 9.17) is 23.3 Å². The molecule has 2 N–H and O–H groups in total. The molecule has 0 bridgehead atoms. The molecular weight excluding hydrogens is 573 g/mol. The minimum absolute atomic E-state index is 0.00872. The lowest BCUT2D eigenvalue weighted by molar-refractivity contribution is -0.145. The van der Waals surface area contributed by atoms with Crippen molar-refractivity contribution in [1.82, 2.24) is 14.6 Å². The number of hydrogen-bond donors (Lipinski definition) is 2. The van der Waals surface area contributed by atoms with Gasteiger partial charge in [-0.05, 0) is 44.5 Å². The predicted molar refractivity (Wildman–Crippen MR) is 137 cm³/mol. The van der Waals surface area contributed by atoms with Crippen LogP contribution < -0.4 is 20.9 Å². The molecule has 1 saturated heterocycles. The summed E-state index contributed by atoms with van der Waals surface area (Å²) in [7, 11) is -4.12. The molecule has 1 aliphatic heterocycles. The second-order valence-electron chi connectivity index (χ2n) is 8.40. The number of halogens is 1. The van der Waals surface area contributed by atoms with Crippen LogP contribution in [0.4, 0.5) is 0 Å². The number of benzene rings is 1. The molecule has 1 aliphatic rings. The second kappa shape index (κ2) is 13.5. The van der Waals surface area contributed by atoms with Crippen molar-refractivity contribution < 1.29 is 32.6 Å². The van der Waals surface area contributed by atoms with Gasteiger partial charge in [-0.2, -0.15) is 5.09 Å². The lowest BCUT2D eigenvalue weighted by atomic mass is 10.3. The molecule has 0 saturated carbocycles. The number of rotatable bonds is 13. The summed E-state index contributed by atoms with van der Waals surface area (Å²) in [6, 6.07) is 5.56. The van der Waals surface area contributed by atoms with Crippen LogP contribution >= 0.6 is 23.7 Å². The first-order valence-corrected chi connectivity index (χ1v) is 14.2. The zero-order chi connectivity index (χ0) is 27.0. The molecule has 1 aromatic heterocycles. The van der Waals surface area contributed by atoms with Crippen molar-refractivity contribution in [2.45, 2.75) is 58.6 Å². The van der Waals surface area contributed by atoms with Crippen LogP contribution in [0.15, 0.2) is 44.5 Å². The Balaban J connectivity index is 1.66. The van der Waals surface area contributed by atoms with Gasteiger partial charge in [0.15, 0.2) is 12.5 Å². The number of nitrogens with zero attached hydrogens (tertiary/aromatic N) is 1. The Labute approximate surface area is 222 Å². The van der Waals surface area contributed by atoms with Gasteiger partial charge < -0.3 is 18.7 Å². The van der Waals surface area contributed by atoms with E-state index in [1.165, 1.54) is 17.7 Å². The zero-order valence-corrected chi connectivity index (χ0v) is 23.3. The minimum atomic E-state index is -4.12. The Kier molecular flexibility index (Phi) is 10.7. The highest BCUT2D eigenvalue weighted by atomic mass is 79.9. The van der Waals surface area contributed by atoms with Crippen LogP contribution in [0.2, 0.25) is 0 Å². The molecule has 1 aromatic carbocycles. The lowest BCUT2D eigenvalue weighted by Crippen LogP contribution is -2.36. The number of aryl methyl sites for hydroxylation is 1. The number of carbonyl (C=O) groups is 1. The molecule has 12 nitrogen and oxygen atoms in total. The summed E-state index contributed by atoms with van der Waals surface area (Å²) in [5.41, 5.74) is -0.812. The van der Waals surface area contributed by atoms with Crippen LogP contribution in [-0.4, -0.2) is 47.7 Å². The van der Waals surface area contributed by atoms with Crippen molar-refractivity contribution in [3.63, 3.8) is 0 Å². The third-order valence-corrected chi connectivity index (χ3v) is 7.48. The fourth-order valence-electron chi connectivity index (χ4n) is 3.30. The second-order valence-corrected chi connectivity index (χ2v) is 11.0. The predicted octanol–water partition coefficient (Wildman–Crippen LogP) is 3.39. The number of nitrogens with one attached hydrogen (secondary N) is 2. The zero-order valence-electron chi connectivity index (χ0n) is 20.8. The summed E-state index contributed by atoms with van der Waals surface area (Å²) >= 11 is 3.32. The smallest absolute Gasteiger partial charge is 0.459 e.